The van der Waals surface area contributed by atoms with Gasteiger partial charge >= 0.3 is 0 Å². The summed E-state index contributed by atoms with van der Waals surface area (Å²) in [6.07, 6.45) is 0.533. The summed E-state index contributed by atoms with van der Waals surface area (Å²) in [5.74, 6) is 0.885. The van der Waals surface area contributed by atoms with Crippen molar-refractivity contribution in [3.05, 3.63) is 72.8 Å². The number of amides is 1. The minimum absolute atomic E-state index is 0.158. The molecule has 6 N–H and O–H groups in total. The highest BCUT2D eigenvalue weighted by atomic mass is 16.5. The van der Waals surface area contributed by atoms with Gasteiger partial charge in [-0.05, 0) is 42.5 Å². The number of rotatable bonds is 9. The number of ether oxygens (including phenoxy) is 1. The largest absolute Gasteiger partial charge is 0.457 e. The maximum atomic E-state index is 12.0. The number of carbonyl (C=O) groups excluding carboxylic acids is 1. The molecule has 1 aromatic heterocycles. The second-order valence-corrected chi connectivity index (χ2v) is 6.27. The van der Waals surface area contributed by atoms with E-state index in [9.17, 15) is 9.90 Å². The number of nitrogens with one attached hydrogen (secondary N) is 1. The summed E-state index contributed by atoms with van der Waals surface area (Å²) in [5, 5.41) is 16.8. The predicted molar refractivity (Wildman–Crippen MR) is 111 cm³/mol. The number of primary amides is 1. The molecule has 1 unspecified atom stereocenters. The number of nitrogens with zero attached hydrogens (tertiary/aromatic N) is 2. The third kappa shape index (κ3) is 4.81. The lowest BCUT2D eigenvalue weighted by atomic mass is 10.1. The molecule has 0 aliphatic heterocycles. The number of nitrogens with two attached hydrogens (primary N) is 2. The number of aliphatic hydroxyl groups excluding tert-OH is 1. The van der Waals surface area contributed by atoms with Gasteiger partial charge in [-0.2, -0.15) is 5.10 Å². The highest BCUT2D eigenvalue weighted by Gasteiger charge is 2.21. The zero-order valence-corrected chi connectivity index (χ0v) is 15.8. The van der Waals surface area contributed by atoms with Crippen molar-refractivity contribution in [1.29, 1.82) is 0 Å². The molecule has 0 aliphatic carbocycles. The normalized spacial score (nSPS) is 11.8. The van der Waals surface area contributed by atoms with Crippen LogP contribution in [0.3, 0.4) is 0 Å². The Kier molecular flexibility index (Phi) is 6.28. The number of hydrogen-bond acceptors (Lipinski definition) is 6. The van der Waals surface area contributed by atoms with E-state index in [1.54, 1.807) is 24.3 Å². The van der Waals surface area contributed by atoms with Crippen LogP contribution in [0, 0.1) is 0 Å². The first kappa shape index (κ1) is 20.1. The van der Waals surface area contributed by atoms with Crippen LogP contribution in [0.25, 0.3) is 11.3 Å². The van der Waals surface area contributed by atoms with Crippen LogP contribution in [0.5, 0.6) is 11.5 Å². The summed E-state index contributed by atoms with van der Waals surface area (Å²) in [5.41, 5.74) is 12.9. The molecule has 0 aliphatic rings. The van der Waals surface area contributed by atoms with Crippen LogP contribution < -0.4 is 21.5 Å². The quantitative estimate of drug-likeness (QED) is 0.326. The summed E-state index contributed by atoms with van der Waals surface area (Å²) in [7, 11) is 0. The summed E-state index contributed by atoms with van der Waals surface area (Å²) in [4.78, 5) is 12.0. The van der Waals surface area contributed by atoms with Crippen molar-refractivity contribution in [3.63, 3.8) is 0 Å². The Hall–Kier alpha value is -3.62. The van der Waals surface area contributed by atoms with E-state index in [4.69, 9.17) is 16.2 Å². The van der Waals surface area contributed by atoms with Crippen molar-refractivity contribution >= 4 is 11.7 Å². The number of benzene rings is 2. The Labute approximate surface area is 168 Å². The summed E-state index contributed by atoms with van der Waals surface area (Å²) in [6, 6.07) is 16.6. The lowest BCUT2D eigenvalue weighted by Gasteiger charge is -2.09. The standard InChI is InChI=1S/C21H23N5O3/c1-2-17(27)24-12-13-26-20(22)18(21(23)28)19(25-26)14-8-10-16(11-9-14)29-15-6-4-3-5-7-15/h2-11,17,24,27H,1,12-13,22H2,(H2,23,28). The average Bonchev–Trinajstić information content (AvgIpc) is 3.05. The molecule has 3 aromatic rings. The third-order valence-electron chi connectivity index (χ3n) is 4.25. The molecule has 1 heterocycles. The molecule has 150 valence electrons. The van der Waals surface area contributed by atoms with Crippen LogP contribution in [-0.4, -0.2) is 33.6 Å². The van der Waals surface area contributed by atoms with Crippen LogP contribution in [0.1, 0.15) is 10.4 Å². The Bertz CT molecular complexity index is 984. The van der Waals surface area contributed by atoms with E-state index in [0.29, 0.717) is 30.1 Å². The Morgan fingerprint density at radius 3 is 2.48 bits per heavy atom. The number of aromatic nitrogens is 2. The maximum absolute atomic E-state index is 12.0. The average molecular weight is 393 g/mol. The van der Waals surface area contributed by atoms with Crippen molar-refractivity contribution in [2.24, 2.45) is 5.73 Å². The van der Waals surface area contributed by atoms with Gasteiger partial charge in [0.15, 0.2) is 0 Å². The zero-order valence-electron chi connectivity index (χ0n) is 15.8. The molecule has 8 nitrogen and oxygen atoms in total. The van der Waals surface area contributed by atoms with Crippen molar-refractivity contribution in [2.45, 2.75) is 12.8 Å². The fourth-order valence-corrected chi connectivity index (χ4v) is 2.80. The lowest BCUT2D eigenvalue weighted by Crippen LogP contribution is -2.30. The number of hydrogen-bond donors (Lipinski definition) is 4. The first-order valence-corrected chi connectivity index (χ1v) is 9.03. The molecule has 0 saturated carbocycles. The second kappa shape index (κ2) is 9.05. The van der Waals surface area contributed by atoms with Crippen LogP contribution in [0.2, 0.25) is 0 Å². The van der Waals surface area contributed by atoms with E-state index in [1.807, 2.05) is 30.3 Å². The number of anilines is 1. The molecule has 0 fully saturated rings. The Morgan fingerprint density at radius 1 is 1.21 bits per heavy atom. The number of para-hydroxylation sites is 1. The van der Waals surface area contributed by atoms with Crippen LogP contribution in [0.15, 0.2) is 67.3 Å². The highest BCUT2D eigenvalue weighted by molar-refractivity contribution is 6.03. The first-order chi connectivity index (χ1) is 14.0. The molecular formula is C21H23N5O3. The van der Waals surface area contributed by atoms with Gasteiger partial charge in [-0.15, -0.1) is 0 Å². The van der Waals surface area contributed by atoms with Gasteiger partial charge in [0.1, 0.15) is 34.8 Å². The van der Waals surface area contributed by atoms with E-state index >= 15 is 0 Å². The van der Waals surface area contributed by atoms with E-state index in [-0.39, 0.29) is 11.4 Å². The van der Waals surface area contributed by atoms with Crippen molar-refractivity contribution in [3.8, 4) is 22.8 Å². The third-order valence-corrected chi connectivity index (χ3v) is 4.25. The van der Waals surface area contributed by atoms with Gasteiger partial charge in [-0.1, -0.05) is 24.8 Å². The van der Waals surface area contributed by atoms with Crippen molar-refractivity contribution in [1.82, 2.24) is 15.1 Å². The Balaban J connectivity index is 1.82. The summed E-state index contributed by atoms with van der Waals surface area (Å²) >= 11 is 0. The van der Waals surface area contributed by atoms with Gasteiger partial charge in [0.25, 0.3) is 5.91 Å². The van der Waals surface area contributed by atoms with Crippen LogP contribution >= 0.6 is 0 Å². The second-order valence-electron chi connectivity index (χ2n) is 6.27. The van der Waals surface area contributed by atoms with E-state index in [1.165, 1.54) is 10.8 Å². The van der Waals surface area contributed by atoms with Gasteiger partial charge in [0.2, 0.25) is 0 Å². The minimum atomic E-state index is -0.834. The summed E-state index contributed by atoms with van der Waals surface area (Å²) in [6.45, 7) is 4.20. The first-order valence-electron chi connectivity index (χ1n) is 9.03. The van der Waals surface area contributed by atoms with Crippen LogP contribution in [-0.2, 0) is 6.54 Å². The smallest absolute Gasteiger partial charge is 0.254 e. The molecule has 29 heavy (non-hydrogen) atoms. The van der Waals surface area contributed by atoms with Gasteiger partial charge < -0.3 is 21.3 Å². The molecule has 1 amide bonds. The van der Waals surface area contributed by atoms with Gasteiger partial charge in [-0.3, -0.25) is 10.1 Å². The SMILES string of the molecule is C=CC(O)NCCn1nc(-c2ccc(Oc3ccccc3)cc2)c(C(N)=O)c1N. The van der Waals surface area contributed by atoms with E-state index < -0.39 is 12.1 Å². The molecule has 3 rings (SSSR count). The summed E-state index contributed by atoms with van der Waals surface area (Å²) < 4.78 is 7.26. The molecule has 8 heteroatoms. The van der Waals surface area contributed by atoms with Gasteiger partial charge in [0.05, 0.1) is 6.54 Å². The molecule has 0 radical (unpaired) electrons. The lowest BCUT2D eigenvalue weighted by molar-refractivity contribution is 0.100. The molecule has 0 spiro atoms. The molecule has 1 atom stereocenters. The van der Waals surface area contributed by atoms with Crippen molar-refractivity contribution in [2.75, 3.05) is 12.3 Å². The monoisotopic (exact) mass is 393 g/mol. The number of aliphatic hydroxyl groups is 1. The fraction of sp³-hybridized carbons (Fsp3) is 0.143. The van der Waals surface area contributed by atoms with E-state index in [2.05, 4.69) is 17.0 Å². The van der Waals surface area contributed by atoms with Gasteiger partial charge in [0, 0.05) is 12.1 Å². The predicted octanol–water partition coefficient (Wildman–Crippen LogP) is 2.12. The van der Waals surface area contributed by atoms with Crippen molar-refractivity contribution < 1.29 is 14.6 Å². The molecule has 2 aromatic carbocycles. The number of carbonyl (C=O) groups is 1. The topological polar surface area (TPSA) is 128 Å². The molecule has 0 saturated heterocycles. The van der Waals surface area contributed by atoms with Gasteiger partial charge in [-0.25, -0.2) is 4.68 Å². The minimum Gasteiger partial charge on any atom is -0.457 e. The zero-order chi connectivity index (χ0) is 20.8. The maximum Gasteiger partial charge on any atom is 0.254 e. The molecular weight excluding hydrogens is 370 g/mol. The molecule has 0 bridgehead atoms. The van der Waals surface area contributed by atoms with E-state index in [0.717, 1.165) is 5.75 Å². The number of nitrogen functional groups attached to an aromatic ring is 1. The Morgan fingerprint density at radius 2 is 1.86 bits per heavy atom. The van der Waals surface area contributed by atoms with Crippen LogP contribution in [0.4, 0.5) is 5.82 Å². The highest BCUT2D eigenvalue weighted by Crippen LogP contribution is 2.29. The fourth-order valence-electron chi connectivity index (χ4n) is 2.80.